The molecule has 0 spiro atoms. The van der Waals surface area contributed by atoms with Gasteiger partial charge in [0.05, 0.1) is 0 Å². The molecule has 0 heterocycles. The molecule has 0 aromatic heterocycles. The molecule has 1 unspecified atom stereocenters. The van der Waals surface area contributed by atoms with Crippen LogP contribution in [-0.2, 0) is 16.1 Å². The molecular weight excluding hydrogens is 314 g/mol. The average Bonchev–Trinajstić information content (AvgIpc) is 2.52. The van der Waals surface area contributed by atoms with Crippen LogP contribution in [0.15, 0.2) is 42.5 Å². The van der Waals surface area contributed by atoms with Gasteiger partial charge in [-0.05, 0) is 36.8 Å². The van der Waals surface area contributed by atoms with Crippen molar-refractivity contribution in [3.63, 3.8) is 0 Å². The van der Waals surface area contributed by atoms with E-state index in [0.29, 0.717) is 12.2 Å². The van der Waals surface area contributed by atoms with Gasteiger partial charge in [-0.25, -0.2) is 9.59 Å². The minimum Gasteiger partial charge on any atom is -0.480 e. The summed E-state index contributed by atoms with van der Waals surface area (Å²) in [6.45, 7) is 5.90. The molecule has 1 aromatic carbocycles. The predicted molar refractivity (Wildman–Crippen MR) is 92.6 cm³/mol. The number of carboxylic acid groups (broad SMARTS) is 1. The maximum absolute atomic E-state index is 11.7. The van der Waals surface area contributed by atoms with Gasteiger partial charge in [0.1, 0.15) is 12.6 Å². The molecule has 126 valence electrons. The van der Waals surface area contributed by atoms with Gasteiger partial charge in [-0.15, -0.1) is 6.58 Å². The van der Waals surface area contributed by atoms with Crippen LogP contribution in [0.3, 0.4) is 0 Å². The highest BCUT2D eigenvalue weighted by molar-refractivity contribution is 7.99. The number of rotatable bonds is 10. The lowest BCUT2D eigenvalue weighted by Crippen LogP contribution is -2.41. The number of hydrogen-bond acceptors (Lipinski definition) is 4. The first kappa shape index (κ1) is 19.1. The van der Waals surface area contributed by atoms with E-state index in [-0.39, 0.29) is 6.61 Å². The van der Waals surface area contributed by atoms with Gasteiger partial charge in [0.2, 0.25) is 0 Å². The zero-order valence-corrected chi connectivity index (χ0v) is 14.1. The van der Waals surface area contributed by atoms with Crippen molar-refractivity contribution in [2.24, 2.45) is 0 Å². The van der Waals surface area contributed by atoms with E-state index in [2.05, 4.69) is 11.9 Å². The van der Waals surface area contributed by atoms with Gasteiger partial charge < -0.3 is 15.2 Å². The molecule has 0 fully saturated rings. The molecule has 0 aliphatic carbocycles. The van der Waals surface area contributed by atoms with Crippen molar-refractivity contribution in [3.8, 4) is 0 Å². The van der Waals surface area contributed by atoms with E-state index in [1.165, 1.54) is 0 Å². The van der Waals surface area contributed by atoms with Gasteiger partial charge in [0, 0.05) is 0 Å². The standard InChI is InChI=1S/C17H23NO4S/c1-13(2)8-10-23-11-9-15(16(19)20)18-17(21)22-12-14-6-4-3-5-7-14/h3-7,15H,1,8-12H2,2H3,(H,18,21)(H,19,20). The van der Waals surface area contributed by atoms with Crippen molar-refractivity contribution in [2.75, 3.05) is 11.5 Å². The molecule has 0 saturated heterocycles. The first-order chi connectivity index (χ1) is 11.0. The van der Waals surface area contributed by atoms with E-state index in [1.54, 1.807) is 11.8 Å². The Bertz CT molecular complexity index is 519. The van der Waals surface area contributed by atoms with Gasteiger partial charge >= 0.3 is 12.1 Å². The van der Waals surface area contributed by atoms with Crippen molar-refractivity contribution in [3.05, 3.63) is 48.0 Å². The van der Waals surface area contributed by atoms with Crippen molar-refractivity contribution >= 4 is 23.8 Å². The van der Waals surface area contributed by atoms with E-state index in [0.717, 1.165) is 23.3 Å². The highest BCUT2D eigenvalue weighted by Crippen LogP contribution is 2.10. The van der Waals surface area contributed by atoms with Gasteiger partial charge in [-0.2, -0.15) is 11.8 Å². The lowest BCUT2D eigenvalue weighted by Gasteiger charge is -2.14. The zero-order valence-electron chi connectivity index (χ0n) is 13.3. The second-order valence-corrected chi connectivity index (χ2v) is 6.43. The highest BCUT2D eigenvalue weighted by Gasteiger charge is 2.20. The van der Waals surface area contributed by atoms with Crippen LogP contribution in [0.5, 0.6) is 0 Å². The fourth-order valence-electron chi connectivity index (χ4n) is 1.71. The third-order valence-electron chi connectivity index (χ3n) is 3.03. The van der Waals surface area contributed by atoms with Crippen LogP contribution in [-0.4, -0.2) is 34.7 Å². The number of alkyl carbamates (subject to hydrolysis) is 1. The van der Waals surface area contributed by atoms with Crippen LogP contribution >= 0.6 is 11.8 Å². The number of thioether (sulfide) groups is 1. The molecule has 1 aromatic rings. The van der Waals surface area contributed by atoms with Crippen LogP contribution < -0.4 is 5.32 Å². The Balaban J connectivity index is 2.29. The maximum Gasteiger partial charge on any atom is 0.408 e. The summed E-state index contributed by atoms with van der Waals surface area (Å²) < 4.78 is 5.04. The fraction of sp³-hybridized carbons (Fsp3) is 0.412. The first-order valence-electron chi connectivity index (χ1n) is 7.41. The quantitative estimate of drug-likeness (QED) is 0.505. The second-order valence-electron chi connectivity index (χ2n) is 5.21. The molecule has 0 aliphatic rings. The van der Waals surface area contributed by atoms with E-state index in [9.17, 15) is 9.59 Å². The Morgan fingerprint density at radius 2 is 2.00 bits per heavy atom. The monoisotopic (exact) mass is 337 g/mol. The molecule has 0 bridgehead atoms. The Hall–Kier alpha value is -1.95. The van der Waals surface area contributed by atoms with Crippen LogP contribution in [0.1, 0.15) is 25.3 Å². The predicted octanol–water partition coefficient (Wildman–Crippen LogP) is 3.46. The number of carbonyl (C=O) groups is 2. The number of carbonyl (C=O) groups excluding carboxylic acids is 1. The molecule has 6 heteroatoms. The summed E-state index contributed by atoms with van der Waals surface area (Å²) in [6, 6.07) is 8.30. The van der Waals surface area contributed by atoms with Gasteiger partial charge in [0.15, 0.2) is 0 Å². The van der Waals surface area contributed by atoms with E-state index in [1.807, 2.05) is 37.3 Å². The Labute approximate surface area is 141 Å². The number of hydrogen-bond donors (Lipinski definition) is 2. The smallest absolute Gasteiger partial charge is 0.408 e. The lowest BCUT2D eigenvalue weighted by atomic mass is 10.2. The fourth-order valence-corrected chi connectivity index (χ4v) is 2.81. The number of benzene rings is 1. The Morgan fingerprint density at radius 3 is 2.61 bits per heavy atom. The summed E-state index contributed by atoms with van der Waals surface area (Å²) in [5, 5.41) is 11.6. The summed E-state index contributed by atoms with van der Waals surface area (Å²) >= 11 is 1.65. The summed E-state index contributed by atoms with van der Waals surface area (Å²) in [4.78, 5) is 22.9. The molecule has 5 nitrogen and oxygen atoms in total. The number of ether oxygens (including phenoxy) is 1. The topological polar surface area (TPSA) is 75.6 Å². The van der Waals surface area contributed by atoms with Crippen molar-refractivity contribution in [1.29, 1.82) is 0 Å². The molecule has 1 amide bonds. The number of nitrogens with one attached hydrogen (secondary N) is 1. The molecule has 1 atom stereocenters. The molecule has 0 aliphatic heterocycles. The van der Waals surface area contributed by atoms with Crippen molar-refractivity contribution in [2.45, 2.75) is 32.4 Å². The summed E-state index contributed by atoms with van der Waals surface area (Å²) in [5.41, 5.74) is 1.96. The molecule has 0 radical (unpaired) electrons. The van der Waals surface area contributed by atoms with Crippen LogP contribution in [0.4, 0.5) is 4.79 Å². The normalized spacial score (nSPS) is 11.5. The van der Waals surface area contributed by atoms with Crippen molar-refractivity contribution in [1.82, 2.24) is 5.32 Å². The van der Waals surface area contributed by atoms with Gasteiger partial charge in [0.25, 0.3) is 0 Å². The van der Waals surface area contributed by atoms with Crippen LogP contribution in [0.2, 0.25) is 0 Å². The number of carboxylic acids is 1. The van der Waals surface area contributed by atoms with E-state index in [4.69, 9.17) is 9.84 Å². The molecule has 2 N–H and O–H groups in total. The Kier molecular flexibility index (Phi) is 8.90. The SMILES string of the molecule is C=C(C)CCSCCC(NC(=O)OCc1ccccc1)C(=O)O. The summed E-state index contributed by atoms with van der Waals surface area (Å²) in [6.07, 6.45) is 0.555. The third-order valence-corrected chi connectivity index (χ3v) is 4.04. The number of aliphatic carboxylic acids is 1. The molecule has 1 rings (SSSR count). The van der Waals surface area contributed by atoms with E-state index >= 15 is 0 Å². The largest absolute Gasteiger partial charge is 0.480 e. The molecule has 0 saturated carbocycles. The lowest BCUT2D eigenvalue weighted by molar-refractivity contribution is -0.139. The Morgan fingerprint density at radius 1 is 1.30 bits per heavy atom. The van der Waals surface area contributed by atoms with Crippen LogP contribution in [0, 0.1) is 0 Å². The highest BCUT2D eigenvalue weighted by atomic mass is 32.2. The summed E-state index contributed by atoms with van der Waals surface area (Å²) in [5.74, 6) is 0.505. The van der Waals surface area contributed by atoms with Gasteiger partial charge in [-0.3, -0.25) is 0 Å². The van der Waals surface area contributed by atoms with Gasteiger partial charge in [-0.1, -0.05) is 35.9 Å². The third kappa shape index (κ3) is 8.93. The number of allylic oxidation sites excluding steroid dienone is 1. The number of amides is 1. The maximum atomic E-state index is 11.7. The molecular formula is C17H23NO4S. The zero-order chi connectivity index (χ0) is 17.1. The minimum atomic E-state index is -1.05. The summed E-state index contributed by atoms with van der Waals surface area (Å²) in [7, 11) is 0. The van der Waals surface area contributed by atoms with Crippen LogP contribution in [0.25, 0.3) is 0 Å². The molecule has 23 heavy (non-hydrogen) atoms. The second kappa shape index (κ2) is 10.7. The van der Waals surface area contributed by atoms with E-state index < -0.39 is 18.1 Å². The average molecular weight is 337 g/mol. The minimum absolute atomic E-state index is 0.117. The van der Waals surface area contributed by atoms with Crippen molar-refractivity contribution < 1.29 is 19.4 Å². The first-order valence-corrected chi connectivity index (χ1v) is 8.56.